The molecule has 0 radical (unpaired) electrons. The summed E-state index contributed by atoms with van der Waals surface area (Å²) >= 11 is 0. The first kappa shape index (κ1) is 20.0. The van der Waals surface area contributed by atoms with Crippen LogP contribution in [0.2, 0.25) is 0 Å². The molecular weight excluding hydrogens is 288 g/mol. The van der Waals surface area contributed by atoms with Gasteiger partial charge in [0, 0.05) is 0 Å². The molecule has 1 aliphatic carbocycles. The third kappa shape index (κ3) is 9.84. The molecule has 0 spiro atoms. The van der Waals surface area contributed by atoms with E-state index in [0.29, 0.717) is 0 Å². The van der Waals surface area contributed by atoms with E-state index in [1.165, 1.54) is 47.9 Å². The largest absolute Gasteiger partial charge is 0.0840 e. The molecule has 0 fully saturated rings. The van der Waals surface area contributed by atoms with E-state index in [2.05, 4.69) is 101 Å². The van der Waals surface area contributed by atoms with Gasteiger partial charge < -0.3 is 0 Å². The summed E-state index contributed by atoms with van der Waals surface area (Å²) in [4.78, 5) is 0. The van der Waals surface area contributed by atoms with E-state index in [1.807, 2.05) is 0 Å². The van der Waals surface area contributed by atoms with Crippen LogP contribution in [0, 0.1) is 13.8 Å². The monoisotopic (exact) mass is 320 g/mol. The lowest BCUT2D eigenvalue weighted by Crippen LogP contribution is -1.78. The van der Waals surface area contributed by atoms with E-state index in [0.717, 1.165) is 0 Å². The van der Waals surface area contributed by atoms with Crippen LogP contribution in [-0.2, 0) is 6.42 Å². The van der Waals surface area contributed by atoms with Crippen LogP contribution in [0.3, 0.4) is 0 Å². The molecule has 0 nitrogen and oxygen atoms in total. The van der Waals surface area contributed by atoms with Crippen molar-refractivity contribution < 1.29 is 0 Å². The van der Waals surface area contributed by atoms with Crippen molar-refractivity contribution >= 4 is 0 Å². The fraction of sp³-hybridized carbons (Fsp3) is 0.333. The first-order valence-corrected chi connectivity index (χ1v) is 9.02. The number of hydrogen-bond donors (Lipinski definition) is 0. The quantitative estimate of drug-likeness (QED) is 0.547. The Morgan fingerprint density at radius 1 is 0.750 bits per heavy atom. The Bertz CT molecular complexity index is 579. The Labute approximate surface area is 148 Å². The maximum atomic E-state index is 2.26. The van der Waals surface area contributed by atoms with Gasteiger partial charge in [0.25, 0.3) is 0 Å². The summed E-state index contributed by atoms with van der Waals surface area (Å²) in [5.74, 6) is 0. The van der Waals surface area contributed by atoms with Crippen molar-refractivity contribution in [1.29, 1.82) is 0 Å². The SMILES string of the molecule is CC1=CCCC=C1.CCCc1ccccc1.Cc1ccc(C)cc1. The summed E-state index contributed by atoms with van der Waals surface area (Å²) in [6.07, 6.45) is 11.6. The molecule has 24 heavy (non-hydrogen) atoms. The van der Waals surface area contributed by atoms with Gasteiger partial charge in [-0.15, -0.1) is 0 Å². The zero-order chi connectivity index (χ0) is 17.6. The lowest BCUT2D eigenvalue weighted by molar-refractivity contribution is 0.922. The maximum absolute atomic E-state index is 2.26. The highest BCUT2D eigenvalue weighted by Gasteiger charge is 1.86. The minimum absolute atomic E-state index is 1.21. The van der Waals surface area contributed by atoms with Crippen LogP contribution in [0.25, 0.3) is 0 Å². The summed E-state index contributed by atoms with van der Waals surface area (Å²) in [7, 11) is 0. The van der Waals surface area contributed by atoms with Gasteiger partial charge in [0.1, 0.15) is 0 Å². The van der Waals surface area contributed by atoms with E-state index in [1.54, 1.807) is 0 Å². The van der Waals surface area contributed by atoms with E-state index in [-0.39, 0.29) is 0 Å². The van der Waals surface area contributed by atoms with Crippen molar-refractivity contribution in [1.82, 2.24) is 0 Å². The molecule has 2 aromatic rings. The molecule has 0 aromatic heterocycles. The zero-order valence-corrected chi connectivity index (χ0v) is 15.8. The molecule has 0 N–H and O–H groups in total. The molecule has 0 unspecified atom stereocenters. The molecule has 2 aromatic carbocycles. The molecule has 0 aliphatic heterocycles. The number of rotatable bonds is 2. The van der Waals surface area contributed by atoms with E-state index >= 15 is 0 Å². The highest BCUT2D eigenvalue weighted by molar-refractivity contribution is 5.20. The van der Waals surface area contributed by atoms with Gasteiger partial charge in [-0.1, -0.05) is 103 Å². The number of hydrogen-bond acceptors (Lipinski definition) is 0. The molecule has 0 heteroatoms. The highest BCUT2D eigenvalue weighted by Crippen LogP contribution is 2.07. The standard InChI is InChI=1S/C9H12.C8H10.C7H10/c1-2-6-9-7-4-3-5-8-9;1-7-3-5-8(2)6-4-7;1-7-5-3-2-4-6-7/h3-5,7-8H,2,6H2,1H3;3-6H,1-2H3;3,5-6H,2,4H2,1H3. The molecular formula is C24H32. The predicted octanol–water partition coefficient (Wildman–Crippen LogP) is 7.23. The van der Waals surface area contributed by atoms with Crippen molar-refractivity contribution in [3.8, 4) is 0 Å². The van der Waals surface area contributed by atoms with Gasteiger partial charge in [0.15, 0.2) is 0 Å². The molecule has 0 atom stereocenters. The normalized spacial score (nSPS) is 12.2. The van der Waals surface area contributed by atoms with Crippen molar-refractivity contribution in [2.45, 2.75) is 53.4 Å². The van der Waals surface area contributed by atoms with Crippen LogP contribution in [0.1, 0.15) is 49.8 Å². The molecule has 0 bridgehead atoms. The van der Waals surface area contributed by atoms with Gasteiger partial charge in [-0.25, -0.2) is 0 Å². The lowest BCUT2D eigenvalue weighted by atomic mass is 10.1. The summed E-state index contributed by atoms with van der Waals surface area (Å²) in [5.41, 5.74) is 5.51. The molecule has 128 valence electrons. The molecule has 0 amide bonds. The van der Waals surface area contributed by atoms with Crippen LogP contribution in [0.15, 0.2) is 78.4 Å². The van der Waals surface area contributed by atoms with Crippen LogP contribution in [0.5, 0.6) is 0 Å². The second kappa shape index (κ2) is 12.4. The molecule has 0 heterocycles. The third-order valence-corrected chi connectivity index (χ3v) is 3.78. The Balaban J connectivity index is 0.000000181. The van der Waals surface area contributed by atoms with Crippen LogP contribution in [-0.4, -0.2) is 0 Å². The fourth-order valence-electron chi connectivity index (χ4n) is 2.31. The second-order valence-electron chi connectivity index (χ2n) is 6.32. The Kier molecular flexibility index (Phi) is 10.3. The Hall–Kier alpha value is -2.08. The third-order valence-electron chi connectivity index (χ3n) is 3.78. The van der Waals surface area contributed by atoms with Crippen LogP contribution in [0.4, 0.5) is 0 Å². The average Bonchev–Trinajstić information content (AvgIpc) is 2.61. The fourth-order valence-corrected chi connectivity index (χ4v) is 2.31. The van der Waals surface area contributed by atoms with Gasteiger partial charge in [-0.05, 0) is 45.6 Å². The highest BCUT2D eigenvalue weighted by atomic mass is 13.9. The van der Waals surface area contributed by atoms with Gasteiger partial charge in [0.05, 0.1) is 0 Å². The minimum atomic E-state index is 1.21. The molecule has 0 saturated heterocycles. The molecule has 0 saturated carbocycles. The van der Waals surface area contributed by atoms with Gasteiger partial charge in [-0.3, -0.25) is 0 Å². The Morgan fingerprint density at radius 3 is 1.71 bits per heavy atom. The predicted molar refractivity (Wildman–Crippen MR) is 108 cm³/mol. The maximum Gasteiger partial charge on any atom is -0.0281 e. The number of aryl methyl sites for hydroxylation is 3. The van der Waals surface area contributed by atoms with Gasteiger partial charge in [-0.2, -0.15) is 0 Å². The first-order chi connectivity index (χ1) is 11.6. The van der Waals surface area contributed by atoms with Crippen molar-refractivity contribution in [2.24, 2.45) is 0 Å². The van der Waals surface area contributed by atoms with E-state index < -0.39 is 0 Å². The summed E-state index contributed by atoms with van der Waals surface area (Å²) in [6.45, 7) is 8.53. The number of allylic oxidation sites excluding steroid dienone is 4. The van der Waals surface area contributed by atoms with Crippen molar-refractivity contribution in [3.63, 3.8) is 0 Å². The number of benzene rings is 2. The molecule has 1 aliphatic rings. The molecule has 3 rings (SSSR count). The topological polar surface area (TPSA) is 0 Å². The lowest BCUT2D eigenvalue weighted by Gasteiger charge is -1.96. The zero-order valence-electron chi connectivity index (χ0n) is 15.8. The minimum Gasteiger partial charge on any atom is -0.0840 e. The van der Waals surface area contributed by atoms with Crippen molar-refractivity contribution in [2.75, 3.05) is 0 Å². The van der Waals surface area contributed by atoms with Crippen LogP contribution >= 0.6 is 0 Å². The first-order valence-electron chi connectivity index (χ1n) is 9.02. The summed E-state index contributed by atoms with van der Waals surface area (Å²) < 4.78 is 0. The van der Waals surface area contributed by atoms with E-state index in [9.17, 15) is 0 Å². The summed E-state index contributed by atoms with van der Waals surface area (Å²) in [6, 6.07) is 19.1. The van der Waals surface area contributed by atoms with E-state index in [4.69, 9.17) is 0 Å². The smallest absolute Gasteiger partial charge is 0.0281 e. The van der Waals surface area contributed by atoms with Crippen LogP contribution < -0.4 is 0 Å². The van der Waals surface area contributed by atoms with Gasteiger partial charge >= 0.3 is 0 Å². The average molecular weight is 321 g/mol. The van der Waals surface area contributed by atoms with Crippen molar-refractivity contribution in [3.05, 3.63) is 95.1 Å². The van der Waals surface area contributed by atoms with Gasteiger partial charge in [0.2, 0.25) is 0 Å². The summed E-state index contributed by atoms with van der Waals surface area (Å²) in [5, 5.41) is 0. The Morgan fingerprint density at radius 2 is 1.33 bits per heavy atom. The second-order valence-corrected chi connectivity index (χ2v) is 6.32.